The lowest BCUT2D eigenvalue weighted by molar-refractivity contribution is -0.137. The minimum Gasteiger partial charge on any atom is -0.444 e. The van der Waals surface area contributed by atoms with Crippen molar-refractivity contribution < 1.29 is 22.7 Å². The molecule has 2 heterocycles. The van der Waals surface area contributed by atoms with E-state index in [9.17, 15) is 18.0 Å². The molecule has 0 spiro atoms. The van der Waals surface area contributed by atoms with Crippen molar-refractivity contribution in [3.63, 3.8) is 0 Å². The van der Waals surface area contributed by atoms with Crippen LogP contribution in [0.5, 0.6) is 0 Å². The minimum atomic E-state index is -4.46. The van der Waals surface area contributed by atoms with Gasteiger partial charge in [0.15, 0.2) is 0 Å². The molecule has 2 rings (SSSR count). The van der Waals surface area contributed by atoms with Gasteiger partial charge in [0, 0.05) is 19.3 Å². The van der Waals surface area contributed by atoms with E-state index in [2.05, 4.69) is 10.3 Å². The predicted octanol–water partition coefficient (Wildman–Crippen LogP) is 3.20. The molecule has 1 aliphatic rings. The summed E-state index contributed by atoms with van der Waals surface area (Å²) in [5.41, 5.74) is -1.38. The highest BCUT2D eigenvalue weighted by Gasteiger charge is 2.37. The Hall–Kier alpha value is -1.99. The molecular weight excluding hydrogens is 311 g/mol. The van der Waals surface area contributed by atoms with Gasteiger partial charge in [-0.1, -0.05) is 0 Å². The first kappa shape index (κ1) is 17.4. The molecule has 1 saturated heterocycles. The fraction of sp³-hybridized carbons (Fsp3) is 0.600. The molecule has 8 heteroatoms. The number of anilines is 1. The quantitative estimate of drug-likeness (QED) is 0.904. The summed E-state index contributed by atoms with van der Waals surface area (Å²) in [6, 6.07) is 2.00. The van der Waals surface area contributed by atoms with Crippen molar-refractivity contribution in [2.45, 2.75) is 45.0 Å². The van der Waals surface area contributed by atoms with E-state index in [4.69, 9.17) is 4.74 Å². The number of amides is 1. The molecule has 0 radical (unpaired) electrons. The number of nitrogens with zero attached hydrogens (tertiary/aromatic N) is 2. The summed E-state index contributed by atoms with van der Waals surface area (Å²) in [7, 11) is 0. The minimum absolute atomic E-state index is 0.103. The van der Waals surface area contributed by atoms with Crippen LogP contribution in [0.2, 0.25) is 0 Å². The van der Waals surface area contributed by atoms with E-state index in [-0.39, 0.29) is 18.4 Å². The van der Waals surface area contributed by atoms with Gasteiger partial charge in [-0.3, -0.25) is 0 Å². The van der Waals surface area contributed by atoms with Gasteiger partial charge < -0.3 is 15.0 Å². The second kappa shape index (κ2) is 6.25. The standard InChI is InChI=1S/C15H20F3N3O2/c1-14(2,3)23-13(22)20-10-6-8-21(9-10)12-11(15(16,17)18)5-4-7-19-12/h4-5,7,10H,6,8-9H2,1-3H3,(H,20,22)/t10-/m0/s1. The van der Waals surface area contributed by atoms with Gasteiger partial charge in [0.05, 0.1) is 11.6 Å². The Morgan fingerprint density at radius 2 is 2.09 bits per heavy atom. The smallest absolute Gasteiger partial charge is 0.419 e. The van der Waals surface area contributed by atoms with Crippen LogP contribution < -0.4 is 10.2 Å². The van der Waals surface area contributed by atoms with Crippen molar-refractivity contribution in [2.24, 2.45) is 0 Å². The van der Waals surface area contributed by atoms with E-state index in [0.29, 0.717) is 13.0 Å². The number of carbonyl (C=O) groups is 1. The third-order valence-corrected chi connectivity index (χ3v) is 3.30. The third kappa shape index (κ3) is 4.74. The largest absolute Gasteiger partial charge is 0.444 e. The number of hydrogen-bond acceptors (Lipinski definition) is 4. The molecule has 1 N–H and O–H groups in total. The number of halogens is 3. The number of alkyl carbamates (subject to hydrolysis) is 1. The molecule has 5 nitrogen and oxygen atoms in total. The Morgan fingerprint density at radius 1 is 1.39 bits per heavy atom. The van der Waals surface area contributed by atoms with Crippen LogP contribution in [0, 0.1) is 0 Å². The number of hydrogen-bond donors (Lipinski definition) is 1. The van der Waals surface area contributed by atoms with Gasteiger partial charge >= 0.3 is 12.3 Å². The molecule has 1 aromatic rings. The number of ether oxygens (including phenoxy) is 1. The molecular formula is C15H20F3N3O2. The second-order valence-electron chi connectivity index (χ2n) is 6.45. The number of rotatable bonds is 2. The molecule has 1 aliphatic heterocycles. The lowest BCUT2D eigenvalue weighted by Crippen LogP contribution is -2.40. The van der Waals surface area contributed by atoms with E-state index in [0.717, 1.165) is 6.07 Å². The van der Waals surface area contributed by atoms with Gasteiger partial charge in [-0.05, 0) is 39.3 Å². The SMILES string of the molecule is CC(C)(C)OC(=O)N[C@H]1CCN(c2ncccc2C(F)(F)F)C1. The summed E-state index contributed by atoms with van der Waals surface area (Å²) >= 11 is 0. The van der Waals surface area contributed by atoms with Gasteiger partial charge in [0.2, 0.25) is 0 Å². The highest BCUT2D eigenvalue weighted by atomic mass is 19.4. The van der Waals surface area contributed by atoms with Crippen molar-refractivity contribution >= 4 is 11.9 Å². The summed E-state index contributed by atoms with van der Waals surface area (Å²) in [6.07, 6.45) is -3.16. The van der Waals surface area contributed by atoms with Gasteiger partial charge in [-0.2, -0.15) is 13.2 Å². The highest BCUT2D eigenvalue weighted by molar-refractivity contribution is 5.68. The van der Waals surface area contributed by atoms with Crippen LogP contribution >= 0.6 is 0 Å². The summed E-state index contributed by atoms with van der Waals surface area (Å²) < 4.78 is 44.3. The normalized spacial score (nSPS) is 18.9. The van der Waals surface area contributed by atoms with E-state index < -0.39 is 23.4 Å². The van der Waals surface area contributed by atoms with Crippen LogP contribution in [-0.4, -0.2) is 35.8 Å². The Balaban J connectivity index is 2.03. The van der Waals surface area contributed by atoms with Gasteiger partial charge in [-0.25, -0.2) is 9.78 Å². The van der Waals surface area contributed by atoms with Crippen molar-refractivity contribution in [1.29, 1.82) is 0 Å². The van der Waals surface area contributed by atoms with E-state index >= 15 is 0 Å². The number of carbonyl (C=O) groups excluding carboxylic acids is 1. The van der Waals surface area contributed by atoms with Crippen LogP contribution in [0.4, 0.5) is 23.8 Å². The van der Waals surface area contributed by atoms with Crippen molar-refractivity contribution in [1.82, 2.24) is 10.3 Å². The maximum atomic E-state index is 13.0. The second-order valence-corrected chi connectivity index (χ2v) is 6.45. The van der Waals surface area contributed by atoms with Crippen LogP contribution in [0.15, 0.2) is 18.3 Å². The van der Waals surface area contributed by atoms with Crippen LogP contribution in [0.25, 0.3) is 0 Å². The first-order valence-corrected chi connectivity index (χ1v) is 7.33. The number of aromatic nitrogens is 1. The molecule has 0 unspecified atom stereocenters. The molecule has 0 saturated carbocycles. The number of pyridine rings is 1. The van der Waals surface area contributed by atoms with E-state index in [1.165, 1.54) is 17.2 Å². The Bertz CT molecular complexity index is 570. The Kier molecular flexibility index (Phi) is 4.72. The molecule has 0 aromatic carbocycles. The van der Waals surface area contributed by atoms with Crippen molar-refractivity contribution in [3.8, 4) is 0 Å². The van der Waals surface area contributed by atoms with E-state index in [1.54, 1.807) is 20.8 Å². The average Bonchev–Trinajstić information content (AvgIpc) is 2.83. The van der Waals surface area contributed by atoms with Crippen molar-refractivity contribution in [3.05, 3.63) is 23.9 Å². The lowest BCUT2D eigenvalue weighted by atomic mass is 10.2. The van der Waals surface area contributed by atoms with Crippen molar-refractivity contribution in [2.75, 3.05) is 18.0 Å². The number of nitrogens with one attached hydrogen (secondary N) is 1. The maximum absolute atomic E-state index is 13.0. The Morgan fingerprint density at radius 3 is 2.70 bits per heavy atom. The molecule has 1 atom stereocenters. The molecule has 0 aliphatic carbocycles. The zero-order chi connectivity index (χ0) is 17.3. The summed E-state index contributed by atoms with van der Waals surface area (Å²) in [5, 5.41) is 2.68. The first-order valence-electron chi connectivity index (χ1n) is 7.33. The third-order valence-electron chi connectivity index (χ3n) is 3.30. The lowest BCUT2D eigenvalue weighted by Gasteiger charge is -2.23. The Labute approximate surface area is 132 Å². The monoisotopic (exact) mass is 331 g/mol. The van der Waals surface area contributed by atoms with Gasteiger partial charge in [0.25, 0.3) is 0 Å². The zero-order valence-corrected chi connectivity index (χ0v) is 13.3. The summed E-state index contributed by atoms with van der Waals surface area (Å²) in [5.74, 6) is -0.103. The first-order chi connectivity index (χ1) is 10.6. The van der Waals surface area contributed by atoms with Crippen LogP contribution in [0.1, 0.15) is 32.8 Å². The topological polar surface area (TPSA) is 54.5 Å². The van der Waals surface area contributed by atoms with Gasteiger partial charge in [-0.15, -0.1) is 0 Å². The predicted molar refractivity (Wildman–Crippen MR) is 79.2 cm³/mol. The number of alkyl halides is 3. The molecule has 0 bridgehead atoms. The fourth-order valence-electron chi connectivity index (χ4n) is 2.41. The van der Waals surface area contributed by atoms with Gasteiger partial charge in [0.1, 0.15) is 11.4 Å². The molecule has 1 fully saturated rings. The summed E-state index contributed by atoms with van der Waals surface area (Å²) in [6.45, 7) is 5.89. The summed E-state index contributed by atoms with van der Waals surface area (Å²) in [4.78, 5) is 17.1. The molecule has 128 valence electrons. The average molecular weight is 331 g/mol. The zero-order valence-electron chi connectivity index (χ0n) is 13.3. The maximum Gasteiger partial charge on any atom is 0.419 e. The highest BCUT2D eigenvalue weighted by Crippen LogP contribution is 2.36. The fourth-order valence-corrected chi connectivity index (χ4v) is 2.41. The van der Waals surface area contributed by atoms with Crippen LogP contribution in [0.3, 0.4) is 0 Å². The molecule has 23 heavy (non-hydrogen) atoms. The van der Waals surface area contributed by atoms with E-state index in [1.807, 2.05) is 0 Å². The van der Waals surface area contributed by atoms with Crippen LogP contribution in [-0.2, 0) is 10.9 Å². The molecule has 1 amide bonds. The molecule has 1 aromatic heterocycles.